The molecule has 0 aromatic rings. The van der Waals surface area contributed by atoms with Gasteiger partial charge in [0.05, 0.1) is 0 Å². The molecule has 1 amide bonds. The van der Waals surface area contributed by atoms with Crippen molar-refractivity contribution >= 4 is 5.91 Å². The van der Waals surface area contributed by atoms with E-state index in [-0.39, 0.29) is 11.4 Å². The summed E-state index contributed by atoms with van der Waals surface area (Å²) in [4.78, 5) is 12.3. The van der Waals surface area contributed by atoms with Gasteiger partial charge in [0.15, 0.2) is 0 Å². The summed E-state index contributed by atoms with van der Waals surface area (Å²) in [5, 5.41) is 0. The molecule has 1 saturated heterocycles. The van der Waals surface area contributed by atoms with Gasteiger partial charge in [-0.25, -0.2) is 0 Å². The fourth-order valence-corrected chi connectivity index (χ4v) is 0.711. The summed E-state index contributed by atoms with van der Waals surface area (Å²) in [7, 11) is 0. The summed E-state index contributed by atoms with van der Waals surface area (Å²) in [6, 6.07) is 0. The minimum Gasteiger partial charge on any atom is -0.327 e. The Morgan fingerprint density at radius 3 is 1.88 bits per heavy atom. The molecule has 1 rings (SSSR count). The fourth-order valence-electron chi connectivity index (χ4n) is 0.711. The van der Waals surface area contributed by atoms with Crippen molar-refractivity contribution < 1.29 is 4.79 Å². The number of hydrogen-bond donors (Lipinski definition) is 0. The smallest absolute Gasteiger partial charge is 0.243 e. The first-order chi connectivity index (χ1) is 3.52. The van der Waals surface area contributed by atoms with Crippen molar-refractivity contribution in [2.24, 2.45) is 0 Å². The van der Waals surface area contributed by atoms with Gasteiger partial charge < -0.3 is 4.90 Å². The number of carbonyl (C=O) groups is 1. The Hall–Kier alpha value is -0.530. The number of amides is 1. The summed E-state index contributed by atoms with van der Waals surface area (Å²) in [5.74, 6) is 0.275. The van der Waals surface area contributed by atoms with Crippen molar-refractivity contribution in [1.82, 2.24) is 4.90 Å². The van der Waals surface area contributed by atoms with Crippen LogP contribution in [0.4, 0.5) is 0 Å². The lowest BCUT2D eigenvalue weighted by molar-refractivity contribution is -0.115. The van der Waals surface area contributed by atoms with Crippen LogP contribution in [0.25, 0.3) is 0 Å². The third-order valence-electron chi connectivity index (χ3n) is 1.30. The van der Waals surface area contributed by atoms with E-state index in [2.05, 4.69) is 0 Å². The number of nitrogens with zero attached hydrogens (tertiary/aromatic N) is 1. The van der Waals surface area contributed by atoms with E-state index in [0.717, 1.165) is 0 Å². The van der Waals surface area contributed by atoms with E-state index in [1.807, 2.05) is 25.7 Å². The van der Waals surface area contributed by atoms with Crippen molar-refractivity contribution in [2.75, 3.05) is 6.54 Å². The summed E-state index contributed by atoms with van der Waals surface area (Å²) >= 11 is 0. The minimum absolute atomic E-state index is 0.0666. The molecule has 0 N–H and O–H groups in total. The van der Waals surface area contributed by atoms with Gasteiger partial charge in [-0.15, -0.1) is 0 Å². The average Bonchev–Trinajstić information content (AvgIpc) is 2.13. The Bertz CT molecular complexity index is 123. The highest BCUT2D eigenvalue weighted by molar-refractivity contribution is 5.93. The molecule has 0 spiro atoms. The van der Waals surface area contributed by atoms with Gasteiger partial charge in [0.25, 0.3) is 0 Å². The first-order valence-electron chi connectivity index (χ1n) is 2.82. The van der Waals surface area contributed by atoms with Gasteiger partial charge in [0.1, 0.15) is 6.54 Å². The highest BCUT2D eigenvalue weighted by Crippen LogP contribution is 2.21. The standard InChI is InChI=1S/C6H11NO/c1-6(2,3)7-4-5(7)8/h4H2,1-3H3. The minimum atomic E-state index is 0.0666. The molecule has 0 aromatic heterocycles. The van der Waals surface area contributed by atoms with Crippen LogP contribution in [-0.2, 0) is 4.79 Å². The maximum absolute atomic E-state index is 10.5. The second-order valence-corrected chi connectivity index (χ2v) is 3.15. The summed E-state index contributed by atoms with van der Waals surface area (Å²) in [6.45, 7) is 6.78. The summed E-state index contributed by atoms with van der Waals surface area (Å²) in [6.07, 6.45) is 0. The molecule has 0 saturated carbocycles. The molecule has 0 unspecified atom stereocenters. The van der Waals surface area contributed by atoms with Crippen molar-refractivity contribution in [3.8, 4) is 0 Å². The average molecular weight is 113 g/mol. The molecule has 0 bridgehead atoms. The van der Waals surface area contributed by atoms with Crippen LogP contribution in [0.2, 0.25) is 0 Å². The third-order valence-corrected chi connectivity index (χ3v) is 1.30. The molecular formula is C6H11NO. The maximum Gasteiger partial charge on any atom is 0.243 e. The number of rotatable bonds is 0. The highest BCUT2D eigenvalue weighted by Gasteiger charge is 2.38. The van der Waals surface area contributed by atoms with Gasteiger partial charge >= 0.3 is 0 Å². The molecule has 1 heterocycles. The molecule has 1 fully saturated rings. The second kappa shape index (κ2) is 1.24. The molecule has 1 aliphatic heterocycles. The number of carbonyl (C=O) groups excluding carboxylic acids is 1. The summed E-state index contributed by atoms with van der Waals surface area (Å²) < 4.78 is 0. The predicted molar refractivity (Wildman–Crippen MR) is 31.5 cm³/mol. The molecule has 1 aliphatic rings. The van der Waals surface area contributed by atoms with Crippen LogP contribution in [0.3, 0.4) is 0 Å². The lowest BCUT2D eigenvalue weighted by atomic mass is 10.1. The van der Waals surface area contributed by atoms with Gasteiger partial charge in [-0.2, -0.15) is 0 Å². The van der Waals surface area contributed by atoms with Gasteiger partial charge in [-0.05, 0) is 20.8 Å². The zero-order chi connectivity index (χ0) is 6.36. The molecular weight excluding hydrogens is 102 g/mol. The quantitative estimate of drug-likeness (QED) is 0.422. The van der Waals surface area contributed by atoms with E-state index in [1.54, 1.807) is 0 Å². The van der Waals surface area contributed by atoms with Crippen LogP contribution in [0.5, 0.6) is 0 Å². The van der Waals surface area contributed by atoms with E-state index in [0.29, 0.717) is 6.54 Å². The maximum atomic E-state index is 10.5. The first-order valence-corrected chi connectivity index (χ1v) is 2.82. The van der Waals surface area contributed by atoms with E-state index < -0.39 is 0 Å². The van der Waals surface area contributed by atoms with Crippen LogP contribution in [0.15, 0.2) is 0 Å². The van der Waals surface area contributed by atoms with Crippen LogP contribution in [-0.4, -0.2) is 22.9 Å². The monoisotopic (exact) mass is 113 g/mol. The zero-order valence-electron chi connectivity index (χ0n) is 5.56. The normalized spacial score (nSPS) is 19.4. The van der Waals surface area contributed by atoms with Crippen molar-refractivity contribution in [3.05, 3.63) is 0 Å². The fraction of sp³-hybridized carbons (Fsp3) is 0.833. The molecule has 0 aromatic carbocycles. The molecule has 0 radical (unpaired) electrons. The Morgan fingerprint density at radius 1 is 1.50 bits per heavy atom. The molecule has 46 valence electrons. The van der Waals surface area contributed by atoms with E-state index in [9.17, 15) is 4.79 Å². The Kier molecular flexibility index (Phi) is 0.872. The lowest BCUT2D eigenvalue weighted by Crippen LogP contribution is -2.26. The van der Waals surface area contributed by atoms with E-state index in [4.69, 9.17) is 0 Å². The Labute approximate surface area is 49.5 Å². The highest BCUT2D eigenvalue weighted by atomic mass is 16.2. The second-order valence-electron chi connectivity index (χ2n) is 3.15. The van der Waals surface area contributed by atoms with Crippen molar-refractivity contribution in [3.63, 3.8) is 0 Å². The van der Waals surface area contributed by atoms with Gasteiger partial charge in [-0.3, -0.25) is 4.79 Å². The van der Waals surface area contributed by atoms with Crippen LogP contribution in [0.1, 0.15) is 20.8 Å². The Balaban J connectivity index is 2.51. The van der Waals surface area contributed by atoms with E-state index in [1.165, 1.54) is 0 Å². The Morgan fingerprint density at radius 2 is 1.88 bits per heavy atom. The van der Waals surface area contributed by atoms with Crippen molar-refractivity contribution in [1.29, 1.82) is 0 Å². The molecule has 0 atom stereocenters. The van der Waals surface area contributed by atoms with E-state index >= 15 is 0 Å². The van der Waals surface area contributed by atoms with Gasteiger partial charge in [0.2, 0.25) is 5.91 Å². The third kappa shape index (κ3) is 0.831. The summed E-state index contributed by atoms with van der Waals surface area (Å²) in [5.41, 5.74) is 0.0666. The topological polar surface area (TPSA) is 20.1 Å². The zero-order valence-corrected chi connectivity index (χ0v) is 5.56. The molecule has 2 nitrogen and oxygen atoms in total. The van der Waals surface area contributed by atoms with Crippen LogP contribution in [0, 0.1) is 0 Å². The van der Waals surface area contributed by atoms with Crippen molar-refractivity contribution in [2.45, 2.75) is 26.3 Å². The largest absolute Gasteiger partial charge is 0.327 e. The lowest BCUT2D eigenvalue weighted by Gasteiger charge is -2.18. The first kappa shape index (κ1) is 5.60. The predicted octanol–water partition coefficient (Wildman–Crippen LogP) is 0.627. The SMILES string of the molecule is CC(C)(C)N1CC1=O. The molecule has 8 heavy (non-hydrogen) atoms. The van der Waals surface area contributed by atoms with Crippen LogP contribution < -0.4 is 0 Å². The molecule has 0 aliphatic carbocycles. The molecule has 2 heteroatoms. The number of hydrogen-bond acceptors (Lipinski definition) is 1. The van der Waals surface area contributed by atoms with Gasteiger partial charge in [-0.1, -0.05) is 0 Å². The van der Waals surface area contributed by atoms with Gasteiger partial charge in [0, 0.05) is 5.54 Å². The van der Waals surface area contributed by atoms with Crippen LogP contribution >= 0.6 is 0 Å².